The van der Waals surface area contributed by atoms with Crippen LogP contribution < -0.4 is 0 Å². The van der Waals surface area contributed by atoms with Gasteiger partial charge in [0.15, 0.2) is 0 Å². The minimum Gasteiger partial charge on any atom is -0.372 e. The summed E-state index contributed by atoms with van der Waals surface area (Å²) in [5, 5.41) is 20.0. The average Bonchev–Trinajstić information content (AvgIpc) is 3.13. The maximum atomic E-state index is 10.7. The smallest absolute Gasteiger partial charge is 0.324 e. The van der Waals surface area contributed by atoms with Gasteiger partial charge in [0, 0.05) is 11.4 Å². The highest BCUT2D eigenvalue weighted by molar-refractivity contribution is 7.23. The van der Waals surface area contributed by atoms with E-state index in [1.807, 2.05) is 24.2 Å². The summed E-state index contributed by atoms with van der Waals surface area (Å²) in [4.78, 5) is 15.6. The molecule has 0 bridgehead atoms. The molecule has 3 heterocycles. The first-order chi connectivity index (χ1) is 11.0. The second-order valence-corrected chi connectivity index (χ2v) is 7.27. The molecule has 23 heavy (non-hydrogen) atoms. The van der Waals surface area contributed by atoms with Crippen LogP contribution in [0.5, 0.6) is 0 Å². The third kappa shape index (κ3) is 3.92. The molecule has 7 nitrogen and oxygen atoms in total. The van der Waals surface area contributed by atoms with E-state index in [2.05, 4.69) is 10.1 Å². The Balaban J connectivity index is 1.69. The van der Waals surface area contributed by atoms with Crippen LogP contribution in [0.15, 0.2) is 22.6 Å². The summed E-state index contributed by atoms with van der Waals surface area (Å²) >= 11 is 2.59. The van der Waals surface area contributed by atoms with E-state index >= 15 is 0 Å². The molecule has 2 unspecified atom stereocenters. The van der Waals surface area contributed by atoms with Gasteiger partial charge in [-0.15, -0.1) is 11.3 Å². The van der Waals surface area contributed by atoms with Gasteiger partial charge in [-0.1, -0.05) is 11.3 Å². The maximum absolute atomic E-state index is 10.7. The Bertz CT molecular complexity index is 717. The van der Waals surface area contributed by atoms with Gasteiger partial charge in [0.2, 0.25) is 0 Å². The van der Waals surface area contributed by atoms with Gasteiger partial charge in [-0.05, 0) is 19.9 Å². The van der Waals surface area contributed by atoms with Crippen LogP contribution in [-0.2, 0) is 4.74 Å². The molecule has 2 aromatic heterocycles. The number of morpholine rings is 1. The fourth-order valence-corrected chi connectivity index (χ4v) is 4.05. The fraction of sp³-hybridized carbons (Fsp3) is 0.429. The molecule has 1 saturated heterocycles. The van der Waals surface area contributed by atoms with Crippen LogP contribution in [0.4, 0.5) is 5.00 Å². The van der Waals surface area contributed by atoms with E-state index in [4.69, 9.17) is 4.74 Å². The van der Waals surface area contributed by atoms with Crippen LogP contribution in [0.2, 0.25) is 0 Å². The number of rotatable bonds is 4. The summed E-state index contributed by atoms with van der Waals surface area (Å²) in [6.07, 6.45) is 2.05. The van der Waals surface area contributed by atoms with Gasteiger partial charge < -0.3 is 4.74 Å². The van der Waals surface area contributed by atoms with Crippen molar-refractivity contribution in [2.45, 2.75) is 26.1 Å². The summed E-state index contributed by atoms with van der Waals surface area (Å²) in [5.74, 6) is 0. The predicted molar refractivity (Wildman–Crippen MR) is 91.3 cm³/mol. The molecule has 0 N–H and O–H groups in total. The van der Waals surface area contributed by atoms with E-state index in [0.29, 0.717) is 0 Å². The first-order valence-electron chi connectivity index (χ1n) is 7.16. The first kappa shape index (κ1) is 16.0. The largest absolute Gasteiger partial charge is 0.372 e. The number of ether oxygens (including phenoxy) is 1. The topological polar surface area (TPSA) is 80.9 Å². The number of nitrogens with zero attached hydrogens (tertiary/aromatic N) is 4. The summed E-state index contributed by atoms with van der Waals surface area (Å²) in [7, 11) is 0. The maximum Gasteiger partial charge on any atom is 0.324 e. The summed E-state index contributed by atoms with van der Waals surface area (Å²) in [6.45, 7) is 5.58. The Hall–Kier alpha value is -1.84. The molecule has 2 aromatic rings. The molecule has 1 fully saturated rings. The van der Waals surface area contributed by atoms with Gasteiger partial charge in [0.05, 0.1) is 47.0 Å². The number of thiazole rings is 1. The van der Waals surface area contributed by atoms with Crippen molar-refractivity contribution < 1.29 is 9.66 Å². The highest BCUT2D eigenvalue weighted by atomic mass is 32.1. The number of hydrazone groups is 1. The second kappa shape index (κ2) is 6.73. The third-order valence-electron chi connectivity index (χ3n) is 3.26. The van der Waals surface area contributed by atoms with E-state index in [1.54, 1.807) is 12.3 Å². The Morgan fingerprint density at radius 1 is 1.43 bits per heavy atom. The van der Waals surface area contributed by atoms with Crippen LogP contribution >= 0.6 is 22.7 Å². The second-order valence-electron chi connectivity index (χ2n) is 5.35. The third-order valence-corrected chi connectivity index (χ3v) is 5.32. The van der Waals surface area contributed by atoms with Gasteiger partial charge in [0.25, 0.3) is 0 Å². The minimum atomic E-state index is -0.384. The van der Waals surface area contributed by atoms with Gasteiger partial charge in [-0.25, -0.2) is 4.98 Å². The lowest BCUT2D eigenvalue weighted by atomic mass is 10.3. The Labute approximate surface area is 141 Å². The summed E-state index contributed by atoms with van der Waals surface area (Å²) in [6, 6.07) is 3.24. The number of nitro groups is 1. The SMILES string of the molecule is CC1CN(N=Cc2csc(-c3ccc([N+](=O)[O-])s3)n2)CC(C)O1. The van der Waals surface area contributed by atoms with Crippen molar-refractivity contribution in [2.75, 3.05) is 13.1 Å². The molecular weight excluding hydrogens is 336 g/mol. The van der Waals surface area contributed by atoms with Crippen LogP contribution in [0.3, 0.4) is 0 Å². The first-order valence-corrected chi connectivity index (χ1v) is 8.85. The number of hydrogen-bond acceptors (Lipinski definition) is 8. The monoisotopic (exact) mass is 352 g/mol. The van der Waals surface area contributed by atoms with Crippen LogP contribution in [0, 0.1) is 10.1 Å². The molecule has 1 aliphatic heterocycles. The normalized spacial score (nSPS) is 21.9. The molecule has 122 valence electrons. The standard InChI is InChI=1S/C14H16N4O3S2/c1-9-6-17(7-10(2)21-9)15-5-11-8-22-14(16-11)12-3-4-13(23-12)18(19)20/h3-5,8-10H,6-7H2,1-2H3. The van der Waals surface area contributed by atoms with E-state index in [0.717, 1.165) is 40.0 Å². The molecular formula is C14H16N4O3S2. The molecule has 0 aromatic carbocycles. The minimum absolute atomic E-state index is 0.127. The Kier molecular flexibility index (Phi) is 4.69. The molecule has 0 saturated carbocycles. The molecule has 0 spiro atoms. The van der Waals surface area contributed by atoms with Crippen molar-refractivity contribution in [3.05, 3.63) is 33.3 Å². The van der Waals surface area contributed by atoms with Crippen molar-refractivity contribution in [3.8, 4) is 9.88 Å². The zero-order valence-electron chi connectivity index (χ0n) is 12.7. The zero-order chi connectivity index (χ0) is 16.4. The van der Waals surface area contributed by atoms with Gasteiger partial charge in [-0.3, -0.25) is 15.1 Å². The lowest BCUT2D eigenvalue weighted by Gasteiger charge is -2.33. The van der Waals surface area contributed by atoms with E-state index in [9.17, 15) is 10.1 Å². The zero-order valence-corrected chi connectivity index (χ0v) is 14.3. The molecule has 0 amide bonds. The van der Waals surface area contributed by atoms with Gasteiger partial charge in [0.1, 0.15) is 5.01 Å². The molecule has 9 heteroatoms. The lowest BCUT2D eigenvalue weighted by molar-refractivity contribution is -0.380. The molecule has 1 aliphatic rings. The number of thiophene rings is 1. The van der Waals surface area contributed by atoms with E-state index in [1.165, 1.54) is 17.4 Å². The predicted octanol–water partition coefficient (Wildman–Crippen LogP) is 3.22. The van der Waals surface area contributed by atoms with E-state index in [-0.39, 0.29) is 22.1 Å². The molecule has 2 atom stereocenters. The number of aromatic nitrogens is 1. The van der Waals surface area contributed by atoms with E-state index < -0.39 is 0 Å². The fourth-order valence-electron chi connectivity index (χ4n) is 2.39. The highest BCUT2D eigenvalue weighted by Crippen LogP contribution is 2.34. The average molecular weight is 352 g/mol. The van der Waals surface area contributed by atoms with Crippen molar-refractivity contribution in [2.24, 2.45) is 5.10 Å². The van der Waals surface area contributed by atoms with Crippen LogP contribution in [0.25, 0.3) is 9.88 Å². The van der Waals surface area contributed by atoms with Crippen molar-refractivity contribution in [3.63, 3.8) is 0 Å². The van der Waals surface area contributed by atoms with Crippen molar-refractivity contribution in [1.82, 2.24) is 9.99 Å². The Morgan fingerprint density at radius 3 is 2.83 bits per heavy atom. The van der Waals surface area contributed by atoms with Gasteiger partial charge >= 0.3 is 5.00 Å². The quantitative estimate of drug-likeness (QED) is 0.479. The lowest BCUT2D eigenvalue weighted by Crippen LogP contribution is -2.42. The summed E-state index contributed by atoms with van der Waals surface area (Å²) < 4.78 is 5.67. The summed E-state index contributed by atoms with van der Waals surface area (Å²) in [5.41, 5.74) is 0.757. The highest BCUT2D eigenvalue weighted by Gasteiger charge is 2.20. The molecule has 0 radical (unpaired) electrons. The molecule has 0 aliphatic carbocycles. The number of hydrogen-bond donors (Lipinski definition) is 0. The molecule has 3 rings (SSSR count). The Morgan fingerprint density at radius 2 is 2.17 bits per heavy atom. The van der Waals surface area contributed by atoms with Gasteiger partial charge in [-0.2, -0.15) is 5.10 Å². The van der Waals surface area contributed by atoms with Crippen molar-refractivity contribution >= 4 is 33.9 Å². The van der Waals surface area contributed by atoms with Crippen LogP contribution in [-0.4, -0.2) is 46.4 Å². The van der Waals surface area contributed by atoms with Crippen molar-refractivity contribution in [1.29, 1.82) is 0 Å². The van der Waals surface area contributed by atoms with Crippen LogP contribution in [0.1, 0.15) is 19.5 Å².